The molecule has 0 unspecified atom stereocenters. The van der Waals surface area contributed by atoms with E-state index in [9.17, 15) is 4.79 Å². The summed E-state index contributed by atoms with van der Waals surface area (Å²) in [6.07, 6.45) is 0.899. The number of amides is 1. The van der Waals surface area contributed by atoms with Gasteiger partial charge in [-0.2, -0.15) is 4.37 Å². The Bertz CT molecular complexity index is 1250. The molecule has 4 aromatic rings. The number of carbonyl (C=O) groups is 1. The van der Waals surface area contributed by atoms with Gasteiger partial charge in [0.15, 0.2) is 0 Å². The average Bonchev–Trinajstić information content (AvgIpc) is 3.28. The zero-order valence-corrected chi connectivity index (χ0v) is 20.6. The number of fused-ring (bicyclic) bond motifs is 1. The molecule has 0 saturated carbocycles. The molecule has 0 atom stereocenters. The minimum Gasteiger partial charge on any atom is -0.353 e. The van der Waals surface area contributed by atoms with Gasteiger partial charge in [-0.15, -0.1) is 0 Å². The van der Waals surface area contributed by atoms with Crippen LogP contribution in [0.1, 0.15) is 15.9 Å². The summed E-state index contributed by atoms with van der Waals surface area (Å²) >= 11 is 4.99. The highest BCUT2D eigenvalue weighted by Gasteiger charge is 2.21. The summed E-state index contributed by atoms with van der Waals surface area (Å²) in [4.78, 5) is 17.6. The van der Waals surface area contributed by atoms with Gasteiger partial charge in [0.2, 0.25) is 0 Å². The highest BCUT2D eigenvalue weighted by atomic mass is 79.9. The van der Waals surface area contributed by atoms with Crippen molar-refractivity contribution in [3.63, 3.8) is 0 Å². The summed E-state index contributed by atoms with van der Waals surface area (Å²) in [5.41, 5.74) is 2.70. The van der Waals surface area contributed by atoms with E-state index in [0.29, 0.717) is 5.56 Å². The van der Waals surface area contributed by atoms with E-state index in [1.165, 1.54) is 10.1 Å². The molecule has 33 heavy (non-hydrogen) atoms. The third-order valence-electron chi connectivity index (χ3n) is 6.10. The first-order chi connectivity index (χ1) is 16.2. The topological polar surface area (TPSA) is 48.5 Å². The molecule has 0 aliphatic carbocycles. The third kappa shape index (κ3) is 5.11. The molecular formula is C26H25BrN4OS. The minimum atomic E-state index is -0.0842. The zero-order chi connectivity index (χ0) is 22.6. The second-order valence-corrected chi connectivity index (χ2v) is 9.92. The highest BCUT2D eigenvalue weighted by molar-refractivity contribution is 9.10. The van der Waals surface area contributed by atoms with Gasteiger partial charge in [-0.1, -0.05) is 46.3 Å². The first-order valence-electron chi connectivity index (χ1n) is 11.1. The van der Waals surface area contributed by atoms with Gasteiger partial charge in [-0.05, 0) is 66.0 Å². The van der Waals surface area contributed by atoms with Crippen molar-refractivity contribution in [1.29, 1.82) is 0 Å². The Morgan fingerprint density at radius 2 is 1.67 bits per heavy atom. The zero-order valence-electron chi connectivity index (χ0n) is 18.2. The van der Waals surface area contributed by atoms with Crippen molar-refractivity contribution in [2.45, 2.75) is 6.42 Å². The number of benzene rings is 3. The Labute approximate surface area is 206 Å². The van der Waals surface area contributed by atoms with Crippen LogP contribution >= 0.6 is 27.5 Å². The molecule has 5 rings (SSSR count). The van der Waals surface area contributed by atoms with Crippen molar-refractivity contribution in [3.8, 4) is 0 Å². The molecule has 1 saturated heterocycles. The second-order valence-electron chi connectivity index (χ2n) is 8.20. The number of hydrogen-bond donors (Lipinski definition) is 1. The van der Waals surface area contributed by atoms with Crippen LogP contribution in [0.4, 0.5) is 11.5 Å². The van der Waals surface area contributed by atoms with Gasteiger partial charge in [-0.3, -0.25) is 9.69 Å². The SMILES string of the molecule is O=C(Nc1ccccc1CCN1CCN(c2nsc3ccccc23)CC1)c1ccc(Br)cc1. The van der Waals surface area contributed by atoms with E-state index in [1.54, 1.807) is 11.5 Å². The smallest absolute Gasteiger partial charge is 0.255 e. The lowest BCUT2D eigenvalue weighted by molar-refractivity contribution is 0.102. The van der Waals surface area contributed by atoms with Gasteiger partial charge < -0.3 is 10.2 Å². The molecule has 3 aromatic carbocycles. The van der Waals surface area contributed by atoms with E-state index < -0.39 is 0 Å². The van der Waals surface area contributed by atoms with Crippen LogP contribution in [0.15, 0.2) is 77.3 Å². The molecule has 168 valence electrons. The molecule has 2 heterocycles. The van der Waals surface area contributed by atoms with Crippen LogP contribution in [0.5, 0.6) is 0 Å². The monoisotopic (exact) mass is 520 g/mol. The first-order valence-corrected chi connectivity index (χ1v) is 12.7. The fourth-order valence-electron chi connectivity index (χ4n) is 4.22. The van der Waals surface area contributed by atoms with Gasteiger partial charge >= 0.3 is 0 Å². The molecule has 0 radical (unpaired) electrons. The summed E-state index contributed by atoms with van der Waals surface area (Å²) in [6, 6.07) is 24.0. The molecule has 5 nitrogen and oxygen atoms in total. The number of piperazine rings is 1. The Balaban J connectivity index is 1.18. The summed E-state index contributed by atoms with van der Waals surface area (Å²) in [6.45, 7) is 4.96. The maximum atomic E-state index is 12.7. The van der Waals surface area contributed by atoms with Gasteiger partial charge in [0.05, 0.1) is 4.70 Å². The number of nitrogens with one attached hydrogen (secondary N) is 1. The number of rotatable bonds is 6. The predicted octanol–water partition coefficient (Wildman–Crippen LogP) is 5.68. The van der Waals surface area contributed by atoms with Gasteiger partial charge in [0, 0.05) is 53.8 Å². The fourth-order valence-corrected chi connectivity index (χ4v) is 5.28. The number of anilines is 2. The van der Waals surface area contributed by atoms with E-state index in [0.717, 1.165) is 60.7 Å². The van der Waals surface area contributed by atoms with Crippen molar-refractivity contribution >= 4 is 55.0 Å². The number of carbonyl (C=O) groups excluding carboxylic acids is 1. The molecule has 0 spiro atoms. The molecule has 1 aliphatic heterocycles. The van der Waals surface area contributed by atoms with Crippen molar-refractivity contribution in [1.82, 2.24) is 9.27 Å². The van der Waals surface area contributed by atoms with E-state index >= 15 is 0 Å². The normalized spacial score (nSPS) is 14.5. The highest BCUT2D eigenvalue weighted by Crippen LogP contribution is 2.30. The Morgan fingerprint density at radius 1 is 0.939 bits per heavy atom. The van der Waals surface area contributed by atoms with Crippen LogP contribution in [-0.4, -0.2) is 47.9 Å². The Kier molecular flexibility index (Phi) is 6.71. The molecule has 0 bridgehead atoms. The summed E-state index contributed by atoms with van der Waals surface area (Å²) in [5, 5.41) is 4.34. The van der Waals surface area contributed by atoms with Crippen LogP contribution in [0.25, 0.3) is 10.1 Å². The predicted molar refractivity (Wildman–Crippen MR) is 141 cm³/mol. The largest absolute Gasteiger partial charge is 0.353 e. The van der Waals surface area contributed by atoms with Gasteiger partial charge in [0.25, 0.3) is 5.91 Å². The number of hydrogen-bond acceptors (Lipinski definition) is 5. The van der Waals surface area contributed by atoms with Crippen molar-refractivity contribution in [2.75, 3.05) is 42.9 Å². The summed E-state index contributed by atoms with van der Waals surface area (Å²) in [5.74, 6) is 1.04. The first kappa shape index (κ1) is 22.1. The van der Waals surface area contributed by atoms with E-state index in [4.69, 9.17) is 4.37 Å². The van der Waals surface area contributed by atoms with Crippen LogP contribution in [0.2, 0.25) is 0 Å². The van der Waals surface area contributed by atoms with Crippen LogP contribution in [-0.2, 0) is 6.42 Å². The number of halogens is 1. The minimum absolute atomic E-state index is 0.0842. The van der Waals surface area contributed by atoms with Crippen LogP contribution in [0.3, 0.4) is 0 Å². The fraction of sp³-hybridized carbons (Fsp3) is 0.231. The lowest BCUT2D eigenvalue weighted by Gasteiger charge is -2.35. The van der Waals surface area contributed by atoms with Gasteiger partial charge in [-0.25, -0.2) is 0 Å². The lowest BCUT2D eigenvalue weighted by atomic mass is 10.1. The van der Waals surface area contributed by atoms with Crippen molar-refractivity contribution in [2.24, 2.45) is 0 Å². The van der Waals surface area contributed by atoms with E-state index in [1.807, 2.05) is 42.5 Å². The lowest BCUT2D eigenvalue weighted by Crippen LogP contribution is -2.47. The molecule has 1 N–H and O–H groups in total. The summed E-state index contributed by atoms with van der Waals surface area (Å²) < 4.78 is 6.92. The molecule has 1 amide bonds. The number of aromatic nitrogens is 1. The molecule has 1 aromatic heterocycles. The van der Waals surface area contributed by atoms with Gasteiger partial charge in [0.1, 0.15) is 5.82 Å². The Hall–Kier alpha value is -2.74. The molecule has 1 aliphatic rings. The maximum Gasteiger partial charge on any atom is 0.255 e. The molecule has 1 fully saturated rings. The number of para-hydroxylation sites is 1. The quantitative estimate of drug-likeness (QED) is 0.355. The average molecular weight is 521 g/mol. The maximum absolute atomic E-state index is 12.7. The molecule has 7 heteroatoms. The van der Waals surface area contributed by atoms with E-state index in [-0.39, 0.29) is 5.91 Å². The van der Waals surface area contributed by atoms with Crippen LogP contribution < -0.4 is 10.2 Å². The summed E-state index contributed by atoms with van der Waals surface area (Å²) in [7, 11) is 0. The number of nitrogens with zero attached hydrogens (tertiary/aromatic N) is 3. The van der Waals surface area contributed by atoms with Crippen LogP contribution in [0, 0.1) is 0 Å². The van der Waals surface area contributed by atoms with Crippen molar-refractivity contribution < 1.29 is 4.79 Å². The van der Waals surface area contributed by atoms with Crippen molar-refractivity contribution in [3.05, 3.63) is 88.4 Å². The Morgan fingerprint density at radius 3 is 2.48 bits per heavy atom. The third-order valence-corrected chi connectivity index (χ3v) is 7.45. The molecular weight excluding hydrogens is 496 g/mol. The standard InChI is InChI=1S/C26H25BrN4OS/c27-21-11-9-20(10-12-21)26(32)28-23-7-3-1-5-19(23)13-14-30-15-17-31(18-16-30)25-22-6-2-4-8-24(22)33-29-25/h1-12H,13-18H2,(H,28,32). The van der Waals surface area contributed by atoms with E-state index in [2.05, 4.69) is 61.4 Å². The second kappa shape index (κ2) is 10.0.